The third-order valence-electron chi connectivity index (χ3n) is 3.94. The van der Waals surface area contributed by atoms with Gasteiger partial charge in [-0.15, -0.1) is 10.2 Å². The SMILES string of the molecule is NC1(c2nn[nH]n2)CCC(c2ccccc2)CC1. The summed E-state index contributed by atoms with van der Waals surface area (Å²) in [5.41, 5.74) is 7.39. The first-order chi connectivity index (χ1) is 8.78. The number of hydrogen-bond acceptors (Lipinski definition) is 4. The lowest BCUT2D eigenvalue weighted by Crippen LogP contribution is -2.41. The van der Waals surface area contributed by atoms with E-state index in [1.54, 1.807) is 0 Å². The van der Waals surface area contributed by atoms with Gasteiger partial charge in [-0.1, -0.05) is 35.5 Å². The molecule has 3 N–H and O–H groups in total. The topological polar surface area (TPSA) is 80.5 Å². The lowest BCUT2D eigenvalue weighted by atomic mass is 9.74. The number of nitrogens with one attached hydrogen (secondary N) is 1. The van der Waals surface area contributed by atoms with Crippen LogP contribution in [0.4, 0.5) is 0 Å². The van der Waals surface area contributed by atoms with E-state index >= 15 is 0 Å². The van der Waals surface area contributed by atoms with Gasteiger partial charge in [0, 0.05) is 0 Å². The minimum atomic E-state index is -0.404. The van der Waals surface area contributed by atoms with E-state index in [1.165, 1.54) is 5.56 Å². The molecule has 3 rings (SSSR count). The second-order valence-electron chi connectivity index (χ2n) is 5.08. The van der Waals surface area contributed by atoms with Crippen molar-refractivity contribution in [3.63, 3.8) is 0 Å². The van der Waals surface area contributed by atoms with E-state index in [9.17, 15) is 0 Å². The summed E-state index contributed by atoms with van der Waals surface area (Å²) in [4.78, 5) is 0. The Morgan fingerprint density at radius 1 is 1.17 bits per heavy atom. The lowest BCUT2D eigenvalue weighted by Gasteiger charge is -2.34. The van der Waals surface area contributed by atoms with Crippen LogP contribution in [0, 0.1) is 0 Å². The highest BCUT2D eigenvalue weighted by Gasteiger charge is 2.36. The van der Waals surface area contributed by atoms with E-state index in [0.717, 1.165) is 25.7 Å². The number of nitrogens with zero attached hydrogens (tertiary/aromatic N) is 3. The Kier molecular flexibility index (Phi) is 2.83. The minimum Gasteiger partial charge on any atom is -0.319 e. The Morgan fingerprint density at radius 2 is 1.89 bits per heavy atom. The van der Waals surface area contributed by atoms with E-state index in [2.05, 4.69) is 51.0 Å². The van der Waals surface area contributed by atoms with E-state index in [0.29, 0.717) is 11.7 Å². The van der Waals surface area contributed by atoms with Gasteiger partial charge in [0.25, 0.3) is 0 Å². The van der Waals surface area contributed by atoms with Crippen LogP contribution in [0.25, 0.3) is 0 Å². The fourth-order valence-corrected chi connectivity index (χ4v) is 2.79. The molecule has 0 atom stereocenters. The average Bonchev–Trinajstić information content (AvgIpc) is 2.95. The van der Waals surface area contributed by atoms with Crippen molar-refractivity contribution in [2.45, 2.75) is 37.1 Å². The monoisotopic (exact) mass is 243 g/mol. The molecule has 94 valence electrons. The smallest absolute Gasteiger partial charge is 0.194 e. The largest absolute Gasteiger partial charge is 0.319 e. The van der Waals surface area contributed by atoms with Crippen LogP contribution < -0.4 is 5.73 Å². The lowest BCUT2D eigenvalue weighted by molar-refractivity contribution is 0.264. The standard InChI is InChI=1S/C13H17N5/c14-13(12-15-17-18-16-12)8-6-11(7-9-13)10-4-2-1-3-5-10/h1-5,11H,6-9,14H2,(H,15,16,17,18). The van der Waals surface area contributed by atoms with Crippen molar-refractivity contribution >= 4 is 0 Å². The molecule has 18 heavy (non-hydrogen) atoms. The summed E-state index contributed by atoms with van der Waals surface area (Å²) in [5, 5.41) is 14.2. The van der Waals surface area contributed by atoms with Gasteiger partial charge in [0.2, 0.25) is 0 Å². The van der Waals surface area contributed by atoms with E-state index in [1.807, 2.05) is 0 Å². The molecule has 0 spiro atoms. The van der Waals surface area contributed by atoms with Gasteiger partial charge < -0.3 is 5.73 Å². The number of aromatic nitrogens is 4. The first-order valence-electron chi connectivity index (χ1n) is 6.36. The normalized spacial score (nSPS) is 28.2. The summed E-state index contributed by atoms with van der Waals surface area (Å²) in [7, 11) is 0. The Hall–Kier alpha value is -1.75. The molecule has 1 aromatic carbocycles. The molecule has 0 saturated heterocycles. The number of aromatic amines is 1. The molecule has 1 aromatic heterocycles. The van der Waals surface area contributed by atoms with Gasteiger partial charge >= 0.3 is 0 Å². The molecule has 1 aliphatic rings. The number of H-pyrrole nitrogens is 1. The quantitative estimate of drug-likeness (QED) is 0.841. The van der Waals surface area contributed by atoms with Crippen molar-refractivity contribution in [3.8, 4) is 0 Å². The second-order valence-corrected chi connectivity index (χ2v) is 5.08. The van der Waals surface area contributed by atoms with Crippen LogP contribution in [0.2, 0.25) is 0 Å². The molecular weight excluding hydrogens is 226 g/mol. The van der Waals surface area contributed by atoms with Gasteiger partial charge in [-0.25, -0.2) is 0 Å². The zero-order valence-corrected chi connectivity index (χ0v) is 10.2. The molecule has 2 aromatic rings. The summed E-state index contributed by atoms with van der Waals surface area (Å²) < 4.78 is 0. The molecule has 0 amide bonds. The van der Waals surface area contributed by atoms with E-state index in [4.69, 9.17) is 5.73 Å². The van der Waals surface area contributed by atoms with Crippen LogP contribution in [-0.2, 0) is 5.54 Å². The van der Waals surface area contributed by atoms with Crippen LogP contribution >= 0.6 is 0 Å². The van der Waals surface area contributed by atoms with Crippen molar-refractivity contribution < 1.29 is 0 Å². The van der Waals surface area contributed by atoms with Crippen LogP contribution in [0.5, 0.6) is 0 Å². The molecule has 1 aliphatic carbocycles. The molecule has 0 radical (unpaired) electrons. The Labute approximate surface area is 106 Å². The van der Waals surface area contributed by atoms with Crippen molar-refractivity contribution in [1.82, 2.24) is 20.6 Å². The summed E-state index contributed by atoms with van der Waals surface area (Å²) >= 11 is 0. The van der Waals surface area contributed by atoms with Gasteiger partial charge in [-0.3, -0.25) is 0 Å². The number of nitrogens with two attached hydrogens (primary N) is 1. The summed E-state index contributed by atoms with van der Waals surface area (Å²) in [6.45, 7) is 0. The molecular formula is C13H17N5. The first kappa shape index (κ1) is 11.3. The average molecular weight is 243 g/mol. The fraction of sp³-hybridized carbons (Fsp3) is 0.462. The molecule has 1 heterocycles. The number of hydrogen-bond donors (Lipinski definition) is 2. The Bertz CT molecular complexity index is 485. The van der Waals surface area contributed by atoms with Crippen molar-refractivity contribution in [2.75, 3.05) is 0 Å². The van der Waals surface area contributed by atoms with Gasteiger partial charge in [-0.2, -0.15) is 5.21 Å². The number of rotatable bonds is 2. The van der Waals surface area contributed by atoms with Crippen LogP contribution in [0.15, 0.2) is 30.3 Å². The molecule has 0 unspecified atom stereocenters. The van der Waals surface area contributed by atoms with Crippen molar-refractivity contribution in [3.05, 3.63) is 41.7 Å². The highest BCUT2D eigenvalue weighted by atomic mass is 15.5. The number of benzene rings is 1. The Balaban J connectivity index is 1.72. The van der Waals surface area contributed by atoms with Gasteiger partial charge in [0.1, 0.15) is 0 Å². The molecule has 5 heteroatoms. The van der Waals surface area contributed by atoms with Crippen LogP contribution in [0.3, 0.4) is 0 Å². The second kappa shape index (κ2) is 4.49. The maximum Gasteiger partial charge on any atom is 0.194 e. The Morgan fingerprint density at radius 3 is 2.50 bits per heavy atom. The summed E-state index contributed by atoms with van der Waals surface area (Å²) in [6.07, 6.45) is 3.97. The van der Waals surface area contributed by atoms with Gasteiger partial charge in [0.05, 0.1) is 5.54 Å². The number of tetrazole rings is 1. The third kappa shape index (κ3) is 2.01. The van der Waals surface area contributed by atoms with Gasteiger partial charge in [-0.05, 0) is 37.2 Å². The molecule has 0 aliphatic heterocycles. The fourth-order valence-electron chi connectivity index (χ4n) is 2.79. The van der Waals surface area contributed by atoms with Crippen molar-refractivity contribution in [1.29, 1.82) is 0 Å². The highest BCUT2D eigenvalue weighted by molar-refractivity contribution is 5.21. The maximum atomic E-state index is 6.38. The summed E-state index contributed by atoms with van der Waals surface area (Å²) in [5.74, 6) is 1.25. The van der Waals surface area contributed by atoms with Crippen molar-refractivity contribution in [2.24, 2.45) is 5.73 Å². The third-order valence-corrected chi connectivity index (χ3v) is 3.94. The van der Waals surface area contributed by atoms with Crippen LogP contribution in [-0.4, -0.2) is 20.6 Å². The predicted octanol–water partition coefficient (Wildman–Crippen LogP) is 1.71. The van der Waals surface area contributed by atoms with E-state index < -0.39 is 5.54 Å². The zero-order valence-electron chi connectivity index (χ0n) is 10.2. The minimum absolute atomic E-state index is 0.404. The molecule has 5 nitrogen and oxygen atoms in total. The molecule has 0 bridgehead atoms. The predicted molar refractivity (Wildman–Crippen MR) is 67.7 cm³/mol. The molecule has 1 saturated carbocycles. The highest BCUT2D eigenvalue weighted by Crippen LogP contribution is 2.40. The zero-order chi connectivity index (χ0) is 12.4. The summed E-state index contributed by atoms with van der Waals surface area (Å²) in [6, 6.07) is 10.6. The maximum absolute atomic E-state index is 6.38. The molecule has 1 fully saturated rings. The first-order valence-corrected chi connectivity index (χ1v) is 6.36. The van der Waals surface area contributed by atoms with Crippen LogP contribution in [0.1, 0.15) is 43.0 Å². The van der Waals surface area contributed by atoms with Gasteiger partial charge in [0.15, 0.2) is 5.82 Å². The van der Waals surface area contributed by atoms with E-state index in [-0.39, 0.29) is 0 Å².